The summed E-state index contributed by atoms with van der Waals surface area (Å²) in [5.74, 6) is 0. The Morgan fingerprint density at radius 3 is 2.73 bits per heavy atom. The van der Waals surface area contributed by atoms with E-state index in [0.717, 1.165) is 0 Å². The van der Waals surface area contributed by atoms with Gasteiger partial charge in [-0.05, 0) is 13.0 Å². The van der Waals surface area contributed by atoms with Crippen LogP contribution in [0.2, 0.25) is 5.02 Å². The van der Waals surface area contributed by atoms with E-state index in [1.165, 1.54) is 10.6 Å². The van der Waals surface area contributed by atoms with Gasteiger partial charge in [0.05, 0.1) is 0 Å². The van der Waals surface area contributed by atoms with Gasteiger partial charge in [0.25, 0.3) is 5.56 Å². The molecule has 1 atom stereocenters. The Bertz CT molecular complexity index is 306. The van der Waals surface area contributed by atoms with Crippen molar-refractivity contribution >= 4 is 23.2 Å². The Balaban J connectivity index is 3.21. The van der Waals surface area contributed by atoms with Crippen molar-refractivity contribution < 1.29 is 0 Å². The number of aromatic nitrogens is 1. The van der Waals surface area contributed by atoms with Crippen molar-refractivity contribution in [2.75, 3.05) is 0 Å². The maximum Gasteiger partial charge on any atom is 0.253 e. The van der Waals surface area contributed by atoms with Crippen LogP contribution in [-0.4, -0.2) is 4.57 Å². The van der Waals surface area contributed by atoms with E-state index in [1.807, 2.05) is 0 Å². The average molecular weight is 192 g/mol. The van der Waals surface area contributed by atoms with Crippen molar-refractivity contribution in [3.8, 4) is 0 Å². The van der Waals surface area contributed by atoms with Gasteiger partial charge in [-0.25, -0.2) is 0 Å². The Morgan fingerprint density at radius 2 is 2.27 bits per heavy atom. The van der Waals surface area contributed by atoms with Crippen molar-refractivity contribution in [2.45, 2.75) is 12.4 Å². The fourth-order valence-corrected chi connectivity index (χ4v) is 1.07. The molecule has 0 N–H and O–H groups in total. The van der Waals surface area contributed by atoms with Crippen LogP contribution in [0.25, 0.3) is 0 Å². The fraction of sp³-hybridized carbons (Fsp3) is 0.286. The summed E-state index contributed by atoms with van der Waals surface area (Å²) in [4.78, 5) is 11.1. The molecule has 0 fully saturated rings. The number of hydrogen-bond acceptors (Lipinski definition) is 1. The van der Waals surface area contributed by atoms with Crippen LogP contribution < -0.4 is 5.56 Å². The standard InChI is InChI=1S/C7H7Cl2NO/c1-5(8)10-3-2-6(9)4-7(10)11/h2-5H,1H3. The molecule has 0 aliphatic heterocycles. The van der Waals surface area contributed by atoms with Crippen LogP contribution in [0.15, 0.2) is 23.1 Å². The van der Waals surface area contributed by atoms with E-state index in [2.05, 4.69) is 0 Å². The summed E-state index contributed by atoms with van der Waals surface area (Å²) in [6, 6.07) is 2.96. The summed E-state index contributed by atoms with van der Waals surface area (Å²) in [5, 5.41) is 0.434. The number of pyridine rings is 1. The highest BCUT2D eigenvalue weighted by Crippen LogP contribution is 2.09. The third-order valence-electron chi connectivity index (χ3n) is 1.29. The maximum absolute atomic E-state index is 11.1. The normalized spacial score (nSPS) is 13.0. The SMILES string of the molecule is CC(Cl)n1ccc(Cl)cc1=O. The lowest BCUT2D eigenvalue weighted by Gasteiger charge is -2.05. The minimum absolute atomic E-state index is 0.181. The van der Waals surface area contributed by atoms with Crippen molar-refractivity contribution in [1.29, 1.82) is 0 Å². The van der Waals surface area contributed by atoms with Crippen LogP contribution in [-0.2, 0) is 0 Å². The van der Waals surface area contributed by atoms with Gasteiger partial charge in [-0.1, -0.05) is 23.2 Å². The van der Waals surface area contributed by atoms with Gasteiger partial charge in [-0.3, -0.25) is 9.36 Å². The highest BCUT2D eigenvalue weighted by molar-refractivity contribution is 6.30. The van der Waals surface area contributed by atoms with Crippen LogP contribution in [0.3, 0.4) is 0 Å². The van der Waals surface area contributed by atoms with Crippen molar-refractivity contribution in [3.63, 3.8) is 0 Å². The second-order valence-electron chi connectivity index (χ2n) is 2.16. The van der Waals surface area contributed by atoms with E-state index < -0.39 is 0 Å². The van der Waals surface area contributed by atoms with Crippen LogP contribution in [0.4, 0.5) is 0 Å². The smallest absolute Gasteiger partial charge is 0.253 e. The number of nitrogens with zero attached hydrogens (tertiary/aromatic N) is 1. The molecule has 0 radical (unpaired) electrons. The van der Waals surface area contributed by atoms with E-state index in [9.17, 15) is 4.79 Å². The monoisotopic (exact) mass is 191 g/mol. The van der Waals surface area contributed by atoms with E-state index in [4.69, 9.17) is 23.2 Å². The molecule has 1 aromatic rings. The topological polar surface area (TPSA) is 22.0 Å². The molecule has 0 aliphatic carbocycles. The molecule has 1 heterocycles. The maximum atomic E-state index is 11.1. The summed E-state index contributed by atoms with van der Waals surface area (Å²) < 4.78 is 1.40. The van der Waals surface area contributed by atoms with Crippen LogP contribution in [0, 0.1) is 0 Å². The van der Waals surface area contributed by atoms with E-state index in [0.29, 0.717) is 5.02 Å². The molecule has 0 amide bonds. The molecule has 0 saturated heterocycles. The predicted molar refractivity (Wildman–Crippen MR) is 46.3 cm³/mol. The Hall–Kier alpha value is -0.470. The lowest BCUT2D eigenvalue weighted by molar-refractivity contribution is 0.696. The molecule has 1 unspecified atom stereocenters. The number of halogens is 2. The summed E-state index contributed by atoms with van der Waals surface area (Å²) in [6.07, 6.45) is 1.57. The summed E-state index contributed by atoms with van der Waals surface area (Å²) in [7, 11) is 0. The van der Waals surface area contributed by atoms with Gasteiger partial charge >= 0.3 is 0 Å². The Kier molecular flexibility index (Phi) is 2.58. The summed E-state index contributed by atoms with van der Waals surface area (Å²) >= 11 is 11.2. The van der Waals surface area contributed by atoms with Crippen LogP contribution in [0.1, 0.15) is 12.4 Å². The molecular weight excluding hydrogens is 185 g/mol. The molecular formula is C7H7Cl2NO. The summed E-state index contributed by atoms with van der Waals surface area (Å²) in [6.45, 7) is 1.72. The molecule has 0 saturated carbocycles. The molecule has 0 aliphatic rings. The number of rotatable bonds is 1. The van der Waals surface area contributed by atoms with Gasteiger partial charge in [0.1, 0.15) is 5.50 Å². The zero-order chi connectivity index (χ0) is 8.43. The zero-order valence-corrected chi connectivity index (χ0v) is 7.43. The molecule has 1 rings (SSSR count). The number of hydrogen-bond donors (Lipinski definition) is 0. The molecule has 11 heavy (non-hydrogen) atoms. The predicted octanol–water partition coefficient (Wildman–Crippen LogP) is 2.26. The average Bonchev–Trinajstić information content (AvgIpc) is 1.85. The van der Waals surface area contributed by atoms with Gasteiger partial charge in [0, 0.05) is 17.3 Å². The second-order valence-corrected chi connectivity index (χ2v) is 3.23. The highest BCUT2D eigenvalue weighted by Gasteiger charge is 2.00. The molecule has 0 spiro atoms. The molecule has 2 nitrogen and oxygen atoms in total. The quantitative estimate of drug-likeness (QED) is 0.625. The van der Waals surface area contributed by atoms with E-state index in [1.54, 1.807) is 19.2 Å². The van der Waals surface area contributed by atoms with Crippen molar-refractivity contribution in [3.05, 3.63) is 33.7 Å². The second kappa shape index (κ2) is 3.28. The van der Waals surface area contributed by atoms with Crippen LogP contribution >= 0.6 is 23.2 Å². The Labute approximate surface area is 74.4 Å². The zero-order valence-electron chi connectivity index (χ0n) is 5.92. The lowest BCUT2D eigenvalue weighted by Crippen LogP contribution is -2.18. The van der Waals surface area contributed by atoms with Gasteiger partial charge in [0.2, 0.25) is 0 Å². The molecule has 0 bridgehead atoms. The third-order valence-corrected chi connectivity index (χ3v) is 1.74. The minimum Gasteiger partial charge on any atom is -0.299 e. The van der Waals surface area contributed by atoms with Gasteiger partial charge < -0.3 is 0 Å². The molecule has 1 aromatic heterocycles. The van der Waals surface area contributed by atoms with Crippen molar-refractivity contribution in [1.82, 2.24) is 4.57 Å². The number of alkyl halides is 1. The summed E-state index contributed by atoms with van der Waals surface area (Å²) in [5.41, 5.74) is -0.514. The van der Waals surface area contributed by atoms with E-state index in [-0.39, 0.29) is 11.1 Å². The highest BCUT2D eigenvalue weighted by atomic mass is 35.5. The lowest BCUT2D eigenvalue weighted by atomic mass is 10.4. The van der Waals surface area contributed by atoms with Crippen LogP contribution in [0.5, 0.6) is 0 Å². The minimum atomic E-state index is -0.334. The first kappa shape index (κ1) is 8.62. The molecule has 60 valence electrons. The van der Waals surface area contributed by atoms with Gasteiger partial charge in [0.15, 0.2) is 0 Å². The van der Waals surface area contributed by atoms with Gasteiger partial charge in [-0.2, -0.15) is 0 Å². The largest absolute Gasteiger partial charge is 0.299 e. The first-order valence-electron chi connectivity index (χ1n) is 3.13. The first-order chi connectivity index (χ1) is 5.11. The van der Waals surface area contributed by atoms with Crippen molar-refractivity contribution in [2.24, 2.45) is 0 Å². The molecule has 4 heteroatoms. The first-order valence-corrected chi connectivity index (χ1v) is 3.94. The fourth-order valence-electron chi connectivity index (χ4n) is 0.760. The molecule has 0 aromatic carbocycles. The van der Waals surface area contributed by atoms with Gasteiger partial charge in [-0.15, -0.1) is 0 Å². The Morgan fingerprint density at radius 1 is 1.64 bits per heavy atom. The van der Waals surface area contributed by atoms with E-state index >= 15 is 0 Å². The third kappa shape index (κ3) is 1.98.